The number of oxime groups is 1. The molecule has 2 aromatic carbocycles. The molecule has 0 unspecified atom stereocenters. The molecule has 0 atom stereocenters. The first kappa shape index (κ1) is 22.8. The summed E-state index contributed by atoms with van der Waals surface area (Å²) in [5.41, 5.74) is 0.811. The molecule has 156 valence electrons. The van der Waals surface area contributed by atoms with Crippen molar-refractivity contribution in [2.24, 2.45) is 5.16 Å². The molecule has 0 amide bonds. The number of ketones is 1. The van der Waals surface area contributed by atoms with Crippen LogP contribution in [0.3, 0.4) is 0 Å². The molecule has 0 saturated heterocycles. The Bertz CT molecular complexity index is 882. The van der Waals surface area contributed by atoms with E-state index >= 15 is 0 Å². The van der Waals surface area contributed by atoms with Crippen molar-refractivity contribution in [2.45, 2.75) is 45.4 Å². The van der Waals surface area contributed by atoms with Crippen molar-refractivity contribution in [1.29, 1.82) is 0 Å². The third-order valence-electron chi connectivity index (χ3n) is 4.33. The minimum atomic E-state index is -4.09. The van der Waals surface area contributed by atoms with E-state index in [0.29, 0.717) is 11.1 Å². The maximum Gasteiger partial charge on any atom is 0.402 e. The van der Waals surface area contributed by atoms with Crippen LogP contribution in [0.25, 0.3) is 0 Å². The van der Waals surface area contributed by atoms with Crippen molar-refractivity contribution in [1.82, 2.24) is 4.72 Å². The lowest BCUT2D eigenvalue weighted by molar-refractivity contribution is 0.106. The molecule has 0 saturated carbocycles. The quantitative estimate of drug-likeness (QED) is 0.226. The van der Waals surface area contributed by atoms with Gasteiger partial charge in [0.2, 0.25) is 5.78 Å². The van der Waals surface area contributed by atoms with Crippen LogP contribution < -0.4 is 4.72 Å². The second-order valence-electron chi connectivity index (χ2n) is 6.69. The van der Waals surface area contributed by atoms with Gasteiger partial charge in [0.15, 0.2) is 5.71 Å². The lowest BCUT2D eigenvalue weighted by atomic mass is 10.0. The van der Waals surface area contributed by atoms with Crippen molar-refractivity contribution < 1.29 is 17.5 Å². The Kier molecular flexibility index (Phi) is 9.53. The highest BCUT2D eigenvalue weighted by molar-refractivity contribution is 7.84. The number of carbonyl (C=O) groups is 1. The molecular weight excluding hydrogens is 388 g/mol. The summed E-state index contributed by atoms with van der Waals surface area (Å²) in [7, 11) is -4.09. The number of benzene rings is 2. The van der Waals surface area contributed by atoms with Crippen molar-refractivity contribution >= 4 is 21.8 Å². The highest BCUT2D eigenvalue weighted by atomic mass is 32.2. The van der Waals surface area contributed by atoms with Crippen molar-refractivity contribution in [2.75, 3.05) is 6.54 Å². The predicted octanol–water partition coefficient (Wildman–Crippen LogP) is 4.49. The summed E-state index contributed by atoms with van der Waals surface area (Å²) < 4.78 is 31.3. The first-order valence-electron chi connectivity index (χ1n) is 9.95. The Morgan fingerprint density at radius 1 is 0.862 bits per heavy atom. The molecule has 0 aromatic heterocycles. The standard InChI is InChI=1S/C22H28N2O4S/c1-2-3-4-5-6-13-18-23-29(26,27)28-24-21(19-14-9-7-10-15-19)22(25)20-16-11-8-12-17-20/h7-12,14-17,23H,2-6,13,18H2,1H3/b24-21+. The molecule has 0 heterocycles. The third-order valence-corrected chi connectivity index (χ3v) is 5.16. The molecule has 0 spiro atoms. The number of carbonyl (C=O) groups excluding carboxylic acids is 1. The lowest BCUT2D eigenvalue weighted by Gasteiger charge is -2.07. The van der Waals surface area contributed by atoms with Crippen LogP contribution in [0.5, 0.6) is 0 Å². The summed E-state index contributed by atoms with van der Waals surface area (Å²) in [6.07, 6.45) is 6.29. The minimum absolute atomic E-state index is 0.0678. The zero-order valence-electron chi connectivity index (χ0n) is 16.7. The van der Waals surface area contributed by atoms with E-state index in [1.807, 2.05) is 0 Å². The van der Waals surface area contributed by atoms with Crippen LogP contribution in [0.2, 0.25) is 0 Å². The van der Waals surface area contributed by atoms with Gasteiger partial charge in [0.1, 0.15) is 0 Å². The molecule has 2 aromatic rings. The molecule has 0 bridgehead atoms. The largest absolute Gasteiger partial charge is 0.402 e. The van der Waals surface area contributed by atoms with Gasteiger partial charge in [0.05, 0.1) is 0 Å². The van der Waals surface area contributed by atoms with Gasteiger partial charge in [-0.15, -0.1) is 0 Å². The van der Waals surface area contributed by atoms with Gasteiger partial charge in [-0.1, -0.05) is 105 Å². The lowest BCUT2D eigenvalue weighted by Crippen LogP contribution is -2.26. The van der Waals surface area contributed by atoms with Gasteiger partial charge in [0, 0.05) is 17.7 Å². The van der Waals surface area contributed by atoms with E-state index in [2.05, 4.69) is 16.8 Å². The maximum absolute atomic E-state index is 12.8. The van der Waals surface area contributed by atoms with Crippen LogP contribution in [-0.4, -0.2) is 26.5 Å². The Morgan fingerprint density at radius 2 is 1.41 bits per heavy atom. The number of hydrogen-bond donors (Lipinski definition) is 1. The fourth-order valence-electron chi connectivity index (χ4n) is 2.76. The molecule has 0 aliphatic heterocycles. The highest BCUT2D eigenvalue weighted by Gasteiger charge is 2.19. The van der Waals surface area contributed by atoms with Gasteiger partial charge >= 0.3 is 10.3 Å². The van der Waals surface area contributed by atoms with E-state index < -0.39 is 16.1 Å². The first-order valence-corrected chi connectivity index (χ1v) is 11.4. The number of hydrogen-bond acceptors (Lipinski definition) is 5. The molecule has 6 nitrogen and oxygen atoms in total. The summed E-state index contributed by atoms with van der Waals surface area (Å²) in [5, 5.41) is 3.70. The number of nitrogens with zero attached hydrogens (tertiary/aromatic N) is 1. The Balaban J connectivity index is 2.02. The summed E-state index contributed by atoms with van der Waals surface area (Å²) >= 11 is 0. The SMILES string of the molecule is CCCCCCCCNS(=O)(=O)O/N=C(/C(=O)c1ccccc1)c1ccccc1. The van der Waals surface area contributed by atoms with Gasteiger partial charge in [-0.3, -0.25) is 9.08 Å². The summed E-state index contributed by atoms with van der Waals surface area (Å²) in [5.74, 6) is -0.414. The monoisotopic (exact) mass is 416 g/mol. The van der Waals surface area contributed by atoms with Gasteiger partial charge in [-0.2, -0.15) is 13.1 Å². The van der Waals surface area contributed by atoms with Gasteiger partial charge in [-0.05, 0) is 6.42 Å². The summed E-state index contributed by atoms with van der Waals surface area (Å²) in [6, 6.07) is 17.2. The molecule has 0 radical (unpaired) electrons. The van der Waals surface area contributed by atoms with Gasteiger partial charge < -0.3 is 0 Å². The fourth-order valence-corrected chi connectivity index (χ4v) is 3.38. The molecule has 29 heavy (non-hydrogen) atoms. The Labute approximate surface area is 173 Å². The molecule has 2 rings (SSSR count). The zero-order valence-corrected chi connectivity index (χ0v) is 17.5. The zero-order chi connectivity index (χ0) is 21.0. The van der Waals surface area contributed by atoms with Crippen LogP contribution in [0.4, 0.5) is 0 Å². The van der Waals surface area contributed by atoms with Crippen LogP contribution in [0, 0.1) is 0 Å². The van der Waals surface area contributed by atoms with Gasteiger partial charge in [0.25, 0.3) is 0 Å². The van der Waals surface area contributed by atoms with Crippen molar-refractivity contribution in [3.8, 4) is 0 Å². The number of unbranched alkanes of at least 4 members (excludes halogenated alkanes) is 5. The normalized spacial score (nSPS) is 12.0. The highest BCUT2D eigenvalue weighted by Crippen LogP contribution is 2.10. The molecule has 0 aliphatic rings. The third kappa shape index (κ3) is 8.17. The second kappa shape index (κ2) is 12.1. The number of rotatable bonds is 13. The topological polar surface area (TPSA) is 84.8 Å². The first-order chi connectivity index (χ1) is 14.0. The summed E-state index contributed by atoms with van der Waals surface area (Å²) in [6.45, 7) is 2.43. The summed E-state index contributed by atoms with van der Waals surface area (Å²) in [4.78, 5) is 12.8. The van der Waals surface area contributed by atoms with E-state index in [9.17, 15) is 13.2 Å². The second-order valence-corrected chi connectivity index (χ2v) is 8.04. The average Bonchev–Trinajstić information content (AvgIpc) is 2.74. The smallest absolute Gasteiger partial charge is 0.287 e. The fraction of sp³-hybridized carbons (Fsp3) is 0.364. The van der Waals surface area contributed by atoms with E-state index in [1.165, 1.54) is 12.8 Å². The maximum atomic E-state index is 12.8. The van der Waals surface area contributed by atoms with Gasteiger partial charge in [-0.25, -0.2) is 0 Å². The van der Waals surface area contributed by atoms with E-state index in [1.54, 1.807) is 60.7 Å². The van der Waals surface area contributed by atoms with Crippen LogP contribution in [0.1, 0.15) is 61.4 Å². The molecule has 7 heteroatoms. The number of nitrogens with one attached hydrogen (secondary N) is 1. The molecular formula is C22H28N2O4S. The molecule has 0 fully saturated rings. The van der Waals surface area contributed by atoms with Crippen molar-refractivity contribution in [3.63, 3.8) is 0 Å². The molecule has 1 N–H and O–H groups in total. The van der Waals surface area contributed by atoms with Crippen molar-refractivity contribution in [3.05, 3.63) is 71.8 Å². The Hall–Kier alpha value is -2.51. The van der Waals surface area contributed by atoms with E-state index in [-0.39, 0.29) is 12.3 Å². The molecule has 0 aliphatic carbocycles. The van der Waals surface area contributed by atoms with Crippen LogP contribution >= 0.6 is 0 Å². The van der Waals surface area contributed by atoms with Crippen LogP contribution in [0.15, 0.2) is 65.8 Å². The van der Waals surface area contributed by atoms with E-state index in [0.717, 1.165) is 25.7 Å². The number of Topliss-reactive ketones (excluding diaryl/α,β-unsaturated/α-hetero) is 1. The average molecular weight is 417 g/mol. The van der Waals surface area contributed by atoms with Crippen LogP contribution in [-0.2, 0) is 14.6 Å². The Morgan fingerprint density at radius 3 is 2.03 bits per heavy atom. The minimum Gasteiger partial charge on any atom is -0.287 e. The van der Waals surface area contributed by atoms with E-state index in [4.69, 9.17) is 4.28 Å². The predicted molar refractivity (Wildman–Crippen MR) is 115 cm³/mol.